The molecule has 0 saturated carbocycles. The zero-order valence-electron chi connectivity index (χ0n) is 16.4. The Bertz CT molecular complexity index is 1240. The molecular weight excluding hydrogens is 443 g/mol. The van der Waals surface area contributed by atoms with Gasteiger partial charge in [-0.05, 0) is 18.4 Å². The molecule has 0 bridgehead atoms. The van der Waals surface area contributed by atoms with Crippen LogP contribution in [-0.2, 0) is 21.1 Å². The van der Waals surface area contributed by atoms with Crippen molar-refractivity contribution in [1.29, 1.82) is 0 Å². The number of rotatable bonds is 6. The second kappa shape index (κ2) is 8.58. The summed E-state index contributed by atoms with van der Waals surface area (Å²) in [5.41, 5.74) is -3.16. The molecule has 0 amide bonds. The van der Waals surface area contributed by atoms with Gasteiger partial charge in [-0.1, -0.05) is 36.4 Å². The van der Waals surface area contributed by atoms with Crippen molar-refractivity contribution in [2.24, 2.45) is 0 Å². The first kappa shape index (κ1) is 21.8. The first-order valence-electron chi connectivity index (χ1n) is 9.40. The first-order chi connectivity index (χ1) is 14.8. The fourth-order valence-electron chi connectivity index (χ4n) is 3.51. The summed E-state index contributed by atoms with van der Waals surface area (Å²) in [5, 5.41) is 23.1. The van der Waals surface area contributed by atoms with Gasteiger partial charge in [-0.3, -0.25) is 14.3 Å². The number of hydrogen-bond donors (Lipinski definition) is 3. The van der Waals surface area contributed by atoms with Crippen molar-refractivity contribution in [3.8, 4) is 5.75 Å². The SMILES string of the molecule is C[C@@]1(O)[C@H](O)[C@@H](CO[P+](=S)Oc2cccc3ccccc23)O[C@H]1n1ccc(=O)[nH]c1=O. The Labute approximate surface area is 182 Å². The molecule has 1 saturated heterocycles. The first-order valence-corrected chi connectivity index (χ1v) is 11.6. The maximum absolute atomic E-state index is 12.1. The van der Waals surface area contributed by atoms with E-state index in [1.165, 1.54) is 13.1 Å². The van der Waals surface area contributed by atoms with E-state index in [9.17, 15) is 19.8 Å². The standard InChI is InChI=1S/C20H19N2O7PS/c1-20(26)17(24)15(28-18(20)22-10-9-16(23)21-19(22)25)11-27-30(31)29-14-8-4-6-12-5-2-3-7-13(12)14/h2-10,15,17-18,24,26H,11H2,1H3/p+1/t15-,17-,18-,20-/m1/s1. The van der Waals surface area contributed by atoms with Crippen molar-refractivity contribution in [1.82, 2.24) is 9.55 Å². The van der Waals surface area contributed by atoms with Gasteiger partial charge in [0, 0.05) is 17.6 Å². The molecule has 2 heterocycles. The Hall–Kier alpha value is -2.46. The van der Waals surface area contributed by atoms with Crippen LogP contribution in [0.25, 0.3) is 10.8 Å². The maximum Gasteiger partial charge on any atom is 0.573 e. The Morgan fingerprint density at radius 2 is 1.97 bits per heavy atom. The molecule has 31 heavy (non-hydrogen) atoms. The van der Waals surface area contributed by atoms with Crippen LogP contribution in [0.4, 0.5) is 0 Å². The van der Waals surface area contributed by atoms with Gasteiger partial charge in [0.1, 0.15) is 24.4 Å². The highest BCUT2D eigenvalue weighted by molar-refractivity contribution is 8.00. The third-order valence-corrected chi connectivity index (χ3v) is 6.37. The lowest BCUT2D eigenvalue weighted by atomic mass is 9.96. The highest BCUT2D eigenvalue weighted by atomic mass is 32.4. The van der Waals surface area contributed by atoms with Crippen molar-refractivity contribution >= 4 is 29.7 Å². The van der Waals surface area contributed by atoms with Crippen molar-refractivity contribution in [3.05, 3.63) is 75.6 Å². The maximum atomic E-state index is 12.1. The summed E-state index contributed by atoms with van der Waals surface area (Å²) in [4.78, 5) is 25.5. The molecule has 0 spiro atoms. The van der Waals surface area contributed by atoms with Crippen LogP contribution in [0.2, 0.25) is 0 Å². The molecule has 1 aliphatic heterocycles. The lowest BCUT2D eigenvalue weighted by Gasteiger charge is -2.27. The lowest BCUT2D eigenvalue weighted by Crippen LogP contribution is -2.46. The van der Waals surface area contributed by atoms with Crippen LogP contribution >= 0.6 is 7.15 Å². The minimum Gasteiger partial charge on any atom is -0.387 e. The molecule has 0 aliphatic carbocycles. The second-order valence-corrected chi connectivity index (χ2v) is 9.09. The molecule has 9 nitrogen and oxygen atoms in total. The number of nitrogens with one attached hydrogen (secondary N) is 1. The Balaban J connectivity index is 1.45. The zero-order chi connectivity index (χ0) is 22.2. The minimum absolute atomic E-state index is 0.161. The summed E-state index contributed by atoms with van der Waals surface area (Å²) in [5.74, 6) is 0.580. The number of aliphatic hydroxyl groups excluding tert-OH is 1. The predicted octanol–water partition coefficient (Wildman–Crippen LogP) is 1.57. The molecule has 1 fully saturated rings. The zero-order valence-corrected chi connectivity index (χ0v) is 18.1. The fourth-order valence-corrected chi connectivity index (χ4v) is 4.57. The van der Waals surface area contributed by atoms with Gasteiger partial charge >= 0.3 is 12.8 Å². The molecular formula is C20H20N2O7PS+. The van der Waals surface area contributed by atoms with E-state index in [0.29, 0.717) is 5.75 Å². The Kier molecular flexibility index (Phi) is 6.02. The summed E-state index contributed by atoms with van der Waals surface area (Å²) < 4.78 is 18.1. The van der Waals surface area contributed by atoms with Crippen molar-refractivity contribution in [2.45, 2.75) is 31.0 Å². The van der Waals surface area contributed by atoms with E-state index in [4.69, 9.17) is 25.6 Å². The van der Waals surface area contributed by atoms with Gasteiger partial charge in [-0.15, -0.1) is 4.52 Å². The number of benzene rings is 2. The molecule has 3 N–H and O–H groups in total. The van der Waals surface area contributed by atoms with Crippen LogP contribution in [0.5, 0.6) is 5.75 Å². The average molecular weight is 463 g/mol. The quantitative estimate of drug-likeness (QED) is 0.471. The third kappa shape index (κ3) is 4.31. The molecule has 4 rings (SSSR count). The summed E-state index contributed by atoms with van der Waals surface area (Å²) in [6.07, 6.45) is -2.37. The van der Waals surface area contributed by atoms with Gasteiger partial charge < -0.3 is 14.9 Å². The van der Waals surface area contributed by atoms with Gasteiger partial charge in [-0.25, -0.2) is 9.32 Å². The highest BCUT2D eigenvalue weighted by Crippen LogP contribution is 2.39. The van der Waals surface area contributed by atoms with E-state index in [1.807, 2.05) is 36.4 Å². The molecule has 2 aromatic carbocycles. The molecule has 1 unspecified atom stereocenters. The van der Waals surface area contributed by atoms with Gasteiger partial charge in [0.25, 0.3) is 5.56 Å². The van der Waals surface area contributed by atoms with E-state index >= 15 is 0 Å². The van der Waals surface area contributed by atoms with Gasteiger partial charge in [0.2, 0.25) is 11.8 Å². The molecule has 11 heteroatoms. The summed E-state index contributed by atoms with van der Waals surface area (Å²) >= 11 is 5.30. The van der Waals surface area contributed by atoms with Crippen molar-refractivity contribution in [2.75, 3.05) is 6.61 Å². The number of nitrogens with zero attached hydrogens (tertiary/aromatic N) is 1. The monoisotopic (exact) mass is 463 g/mol. The molecule has 0 radical (unpaired) electrons. The van der Waals surface area contributed by atoms with Gasteiger partial charge in [0.15, 0.2) is 12.0 Å². The van der Waals surface area contributed by atoms with E-state index < -0.39 is 42.4 Å². The molecule has 5 atom stereocenters. The molecule has 1 aromatic heterocycles. The molecule has 3 aromatic rings. The second-order valence-electron chi connectivity index (χ2n) is 7.30. The topological polar surface area (TPSA) is 123 Å². The minimum atomic E-state index is -1.81. The van der Waals surface area contributed by atoms with E-state index in [1.54, 1.807) is 6.07 Å². The largest absolute Gasteiger partial charge is 0.573 e. The lowest BCUT2D eigenvalue weighted by molar-refractivity contribution is -0.0983. The van der Waals surface area contributed by atoms with E-state index in [2.05, 4.69) is 4.98 Å². The van der Waals surface area contributed by atoms with Crippen LogP contribution in [0.1, 0.15) is 13.2 Å². The van der Waals surface area contributed by atoms with Crippen LogP contribution in [0.15, 0.2) is 64.3 Å². The van der Waals surface area contributed by atoms with E-state index in [-0.39, 0.29) is 6.61 Å². The number of ether oxygens (including phenoxy) is 1. The number of hydrogen-bond acceptors (Lipinski definition) is 8. The van der Waals surface area contributed by atoms with Crippen LogP contribution in [0.3, 0.4) is 0 Å². The summed E-state index contributed by atoms with van der Waals surface area (Å²) in [6.45, 7) is 1.18. The van der Waals surface area contributed by atoms with Crippen LogP contribution in [-0.4, -0.2) is 44.2 Å². The van der Waals surface area contributed by atoms with Crippen LogP contribution in [0, 0.1) is 0 Å². The van der Waals surface area contributed by atoms with Gasteiger partial charge in [-0.2, -0.15) is 0 Å². The van der Waals surface area contributed by atoms with E-state index in [0.717, 1.165) is 21.4 Å². The van der Waals surface area contributed by atoms with Crippen molar-refractivity contribution < 1.29 is 24.0 Å². The van der Waals surface area contributed by atoms with Gasteiger partial charge in [0.05, 0.1) is 0 Å². The smallest absolute Gasteiger partial charge is 0.387 e. The average Bonchev–Trinajstić information content (AvgIpc) is 2.96. The fraction of sp³-hybridized carbons (Fsp3) is 0.300. The van der Waals surface area contributed by atoms with Crippen LogP contribution < -0.4 is 15.8 Å². The highest BCUT2D eigenvalue weighted by Gasteiger charge is 2.54. The Morgan fingerprint density at radius 3 is 2.74 bits per heavy atom. The number of aromatic nitrogens is 2. The molecule has 1 aliphatic rings. The number of aliphatic hydroxyl groups is 2. The predicted molar refractivity (Wildman–Crippen MR) is 117 cm³/mol. The summed E-state index contributed by atoms with van der Waals surface area (Å²) in [7, 11) is -1.78. The summed E-state index contributed by atoms with van der Waals surface area (Å²) in [6, 6.07) is 14.4. The number of aromatic amines is 1. The van der Waals surface area contributed by atoms with Crippen molar-refractivity contribution in [3.63, 3.8) is 0 Å². The third-order valence-electron chi connectivity index (χ3n) is 5.13. The molecule has 162 valence electrons. The normalized spacial score (nSPS) is 26.2. The number of H-pyrrole nitrogens is 1. The Morgan fingerprint density at radius 1 is 1.23 bits per heavy atom. The number of fused-ring (bicyclic) bond motifs is 1.